The first-order valence-corrected chi connectivity index (χ1v) is 11.7. The Kier molecular flexibility index (Phi) is 6.09. The Labute approximate surface area is 186 Å². The molecule has 0 unspecified atom stereocenters. The van der Waals surface area contributed by atoms with E-state index in [0.29, 0.717) is 13.1 Å². The zero-order valence-corrected chi connectivity index (χ0v) is 19.2. The van der Waals surface area contributed by atoms with Crippen LogP contribution in [-0.4, -0.2) is 56.6 Å². The molecule has 7 nitrogen and oxygen atoms in total. The first kappa shape index (κ1) is 21.5. The summed E-state index contributed by atoms with van der Waals surface area (Å²) >= 11 is 1.68. The van der Waals surface area contributed by atoms with Crippen LogP contribution in [0.15, 0.2) is 47.8 Å². The molecule has 1 aliphatic heterocycles. The highest BCUT2D eigenvalue weighted by molar-refractivity contribution is 7.98. The number of piperidine rings is 1. The zero-order valence-electron chi connectivity index (χ0n) is 18.4. The summed E-state index contributed by atoms with van der Waals surface area (Å²) in [5.74, 6) is 1.53. The number of aromatic nitrogens is 3. The van der Waals surface area contributed by atoms with Crippen LogP contribution in [0.1, 0.15) is 33.6 Å². The maximum absolute atomic E-state index is 12.2. The summed E-state index contributed by atoms with van der Waals surface area (Å²) < 4.78 is 13.5. The number of rotatable bonds is 4. The molecule has 1 saturated heterocycles. The van der Waals surface area contributed by atoms with E-state index < -0.39 is 5.60 Å². The lowest BCUT2D eigenvalue weighted by molar-refractivity contribution is 0.0126. The Balaban J connectivity index is 1.36. The number of hydrogen-bond acceptors (Lipinski definition) is 6. The number of hydrogen-bond donors (Lipinski definition) is 0. The smallest absolute Gasteiger partial charge is 0.410 e. The summed E-state index contributed by atoms with van der Waals surface area (Å²) in [4.78, 5) is 24.2. The zero-order chi connectivity index (χ0) is 22.0. The average Bonchev–Trinajstić information content (AvgIpc) is 3.16. The molecule has 0 N–H and O–H groups in total. The molecule has 0 bridgehead atoms. The predicted octanol–water partition coefficient (Wildman–Crippen LogP) is 4.92. The molecule has 8 heteroatoms. The van der Waals surface area contributed by atoms with Crippen LogP contribution < -0.4 is 4.74 Å². The van der Waals surface area contributed by atoms with Crippen molar-refractivity contribution in [1.29, 1.82) is 0 Å². The molecule has 1 amide bonds. The molecule has 4 heterocycles. The highest BCUT2D eigenvalue weighted by atomic mass is 32.2. The van der Waals surface area contributed by atoms with Gasteiger partial charge in [-0.2, -0.15) is 0 Å². The van der Waals surface area contributed by atoms with Gasteiger partial charge >= 0.3 is 6.09 Å². The van der Waals surface area contributed by atoms with E-state index in [4.69, 9.17) is 9.47 Å². The van der Waals surface area contributed by atoms with Crippen molar-refractivity contribution >= 4 is 28.9 Å². The molecule has 164 valence electrons. The van der Waals surface area contributed by atoms with Gasteiger partial charge in [-0.15, -0.1) is 11.8 Å². The van der Waals surface area contributed by atoms with Gasteiger partial charge in [0.05, 0.1) is 6.20 Å². The number of thioether (sulfide) groups is 1. The fourth-order valence-electron chi connectivity index (χ4n) is 3.56. The van der Waals surface area contributed by atoms with Gasteiger partial charge in [0.15, 0.2) is 0 Å². The first-order valence-electron chi connectivity index (χ1n) is 10.4. The molecule has 0 spiro atoms. The van der Waals surface area contributed by atoms with Gasteiger partial charge in [-0.1, -0.05) is 0 Å². The van der Waals surface area contributed by atoms with Crippen molar-refractivity contribution in [1.82, 2.24) is 19.4 Å². The van der Waals surface area contributed by atoms with Gasteiger partial charge in [0, 0.05) is 48.6 Å². The highest BCUT2D eigenvalue weighted by Gasteiger charge is 2.27. The summed E-state index contributed by atoms with van der Waals surface area (Å²) in [6.45, 7) is 6.90. The number of fused-ring (bicyclic) bond motifs is 1. The summed E-state index contributed by atoms with van der Waals surface area (Å²) in [7, 11) is 0. The van der Waals surface area contributed by atoms with E-state index in [1.165, 1.54) is 0 Å². The Morgan fingerprint density at radius 3 is 2.55 bits per heavy atom. The maximum atomic E-state index is 12.2. The van der Waals surface area contributed by atoms with Gasteiger partial charge in [-0.05, 0) is 51.3 Å². The number of ether oxygens (including phenoxy) is 2. The molecular weight excluding hydrogens is 412 g/mol. The van der Waals surface area contributed by atoms with Gasteiger partial charge < -0.3 is 14.4 Å². The number of pyridine rings is 2. The second-order valence-electron chi connectivity index (χ2n) is 8.61. The molecule has 0 aromatic carbocycles. The van der Waals surface area contributed by atoms with Crippen molar-refractivity contribution < 1.29 is 14.3 Å². The van der Waals surface area contributed by atoms with Crippen LogP contribution in [0.5, 0.6) is 5.75 Å². The van der Waals surface area contributed by atoms with E-state index in [1.807, 2.05) is 62.2 Å². The standard InChI is InChI=1S/C23H28N4O3S/c1-23(2,3)30-22(28)26-10-8-17(9-11-26)29-18-5-6-20(24-14-18)27-12-7-16-13-19(31-4)15-25-21(16)27/h5-7,12-15,17H,8-11H2,1-4H3. The molecule has 0 radical (unpaired) electrons. The molecule has 3 aromatic rings. The lowest BCUT2D eigenvalue weighted by Crippen LogP contribution is -2.44. The van der Waals surface area contributed by atoms with E-state index >= 15 is 0 Å². The molecular formula is C23H28N4O3S. The first-order chi connectivity index (χ1) is 14.8. The molecule has 0 saturated carbocycles. The van der Waals surface area contributed by atoms with Crippen molar-refractivity contribution in [2.24, 2.45) is 0 Å². The minimum atomic E-state index is -0.477. The van der Waals surface area contributed by atoms with Crippen molar-refractivity contribution in [2.45, 2.75) is 50.2 Å². The van der Waals surface area contributed by atoms with Gasteiger partial charge in [0.25, 0.3) is 0 Å². The number of carbonyl (C=O) groups is 1. The average molecular weight is 441 g/mol. The molecule has 0 atom stereocenters. The predicted molar refractivity (Wildman–Crippen MR) is 122 cm³/mol. The van der Waals surface area contributed by atoms with Gasteiger partial charge in [0.2, 0.25) is 0 Å². The summed E-state index contributed by atoms with van der Waals surface area (Å²) in [6.07, 6.45) is 9.00. The van der Waals surface area contributed by atoms with Crippen LogP contribution >= 0.6 is 11.8 Å². The third-order valence-corrected chi connectivity index (χ3v) is 5.80. The molecule has 1 fully saturated rings. The van der Waals surface area contributed by atoms with Crippen molar-refractivity contribution in [3.63, 3.8) is 0 Å². The van der Waals surface area contributed by atoms with E-state index in [9.17, 15) is 4.79 Å². The van der Waals surface area contributed by atoms with E-state index in [2.05, 4.69) is 16.0 Å². The minimum absolute atomic E-state index is 0.0605. The number of carbonyl (C=O) groups excluding carboxylic acids is 1. The second-order valence-corrected chi connectivity index (χ2v) is 9.49. The molecule has 3 aromatic heterocycles. The van der Waals surface area contributed by atoms with Crippen molar-refractivity contribution in [2.75, 3.05) is 19.3 Å². The summed E-state index contributed by atoms with van der Waals surface area (Å²) in [5, 5.41) is 1.09. The quantitative estimate of drug-likeness (QED) is 0.536. The number of nitrogens with zero attached hydrogens (tertiary/aromatic N) is 4. The topological polar surface area (TPSA) is 69.5 Å². The van der Waals surface area contributed by atoms with Crippen LogP contribution in [0.3, 0.4) is 0 Å². The number of amides is 1. The van der Waals surface area contributed by atoms with Crippen LogP contribution in [0.2, 0.25) is 0 Å². The summed E-state index contributed by atoms with van der Waals surface area (Å²) in [6, 6.07) is 8.05. The second kappa shape index (κ2) is 8.78. The van der Waals surface area contributed by atoms with Crippen LogP contribution in [0.25, 0.3) is 16.9 Å². The fraction of sp³-hybridized carbons (Fsp3) is 0.435. The molecule has 1 aliphatic rings. The molecule has 4 rings (SSSR count). The molecule has 0 aliphatic carbocycles. The normalized spacial score (nSPS) is 15.3. The Morgan fingerprint density at radius 2 is 1.90 bits per heavy atom. The monoisotopic (exact) mass is 440 g/mol. The van der Waals surface area contributed by atoms with E-state index in [1.54, 1.807) is 22.9 Å². The number of likely N-dealkylation sites (tertiary alicyclic amines) is 1. The SMILES string of the molecule is CSc1cnc2c(ccn2-c2ccc(OC3CCN(C(=O)OC(C)(C)C)CC3)cn2)c1. The Bertz CT molecular complexity index is 1050. The van der Waals surface area contributed by atoms with Gasteiger partial charge in [-0.3, -0.25) is 4.57 Å². The highest BCUT2D eigenvalue weighted by Crippen LogP contribution is 2.24. The summed E-state index contributed by atoms with van der Waals surface area (Å²) in [5.41, 5.74) is 0.406. The molecule has 31 heavy (non-hydrogen) atoms. The lowest BCUT2D eigenvalue weighted by Gasteiger charge is -2.33. The van der Waals surface area contributed by atoms with E-state index in [0.717, 1.165) is 40.3 Å². The van der Waals surface area contributed by atoms with Gasteiger partial charge in [0.1, 0.15) is 28.9 Å². The van der Waals surface area contributed by atoms with Crippen molar-refractivity contribution in [3.8, 4) is 11.6 Å². The van der Waals surface area contributed by atoms with Crippen LogP contribution in [0, 0.1) is 0 Å². The minimum Gasteiger partial charge on any atom is -0.489 e. The largest absolute Gasteiger partial charge is 0.489 e. The van der Waals surface area contributed by atoms with Crippen molar-refractivity contribution in [3.05, 3.63) is 42.9 Å². The third kappa shape index (κ3) is 5.12. The Hall–Kier alpha value is -2.74. The van der Waals surface area contributed by atoms with Crippen LogP contribution in [-0.2, 0) is 4.74 Å². The van der Waals surface area contributed by atoms with E-state index in [-0.39, 0.29) is 12.2 Å². The van der Waals surface area contributed by atoms with Crippen LogP contribution in [0.4, 0.5) is 4.79 Å². The fourth-order valence-corrected chi connectivity index (χ4v) is 3.96. The lowest BCUT2D eigenvalue weighted by atomic mass is 10.1. The Morgan fingerprint density at radius 1 is 1.13 bits per heavy atom. The third-order valence-electron chi connectivity index (χ3n) is 5.10. The maximum Gasteiger partial charge on any atom is 0.410 e. The van der Waals surface area contributed by atoms with Gasteiger partial charge in [-0.25, -0.2) is 14.8 Å².